The van der Waals surface area contributed by atoms with Crippen molar-refractivity contribution in [2.45, 2.75) is 17.1 Å². The Bertz CT molecular complexity index is 267. The summed E-state index contributed by atoms with van der Waals surface area (Å²) in [5.74, 6) is 0. The van der Waals surface area contributed by atoms with Gasteiger partial charge in [-0.15, -0.1) is 0 Å². The first-order valence-corrected chi connectivity index (χ1v) is 5.20. The Hall–Kier alpha value is 0.404. The van der Waals surface area contributed by atoms with Gasteiger partial charge in [-0.2, -0.15) is 0 Å². The van der Waals surface area contributed by atoms with Crippen molar-refractivity contribution in [2.24, 2.45) is 0 Å². The second-order valence-corrected chi connectivity index (χ2v) is 4.08. The third kappa shape index (κ3) is 2.68. The fourth-order valence-electron chi connectivity index (χ4n) is 1.59. The molecule has 2 aliphatic carbocycles. The SMILES string of the molecule is [I-].[Ti+][CH](C1=CC=CC1)C1=CC=CC1. The van der Waals surface area contributed by atoms with Crippen LogP contribution in [0.1, 0.15) is 12.8 Å². The van der Waals surface area contributed by atoms with Gasteiger partial charge in [0.05, 0.1) is 0 Å². The van der Waals surface area contributed by atoms with Crippen LogP contribution in [-0.2, 0) is 20.4 Å². The zero-order chi connectivity index (χ0) is 8.39. The number of allylic oxidation sites excluding steroid dienone is 8. The molecule has 2 rings (SSSR count). The number of hydrogen-bond acceptors (Lipinski definition) is 0. The van der Waals surface area contributed by atoms with Crippen LogP contribution in [0.3, 0.4) is 0 Å². The first-order valence-electron chi connectivity index (χ1n) is 4.30. The Morgan fingerprint density at radius 3 is 1.77 bits per heavy atom. The Kier molecular flexibility index (Phi) is 4.70. The van der Waals surface area contributed by atoms with E-state index in [1.165, 1.54) is 0 Å². The molecule has 0 aromatic carbocycles. The van der Waals surface area contributed by atoms with E-state index in [4.69, 9.17) is 0 Å². The molecule has 0 saturated heterocycles. The van der Waals surface area contributed by atoms with Gasteiger partial charge in [0.2, 0.25) is 0 Å². The van der Waals surface area contributed by atoms with Crippen molar-refractivity contribution in [3.8, 4) is 0 Å². The molecule has 0 amide bonds. The van der Waals surface area contributed by atoms with Crippen LogP contribution in [0, 0.1) is 0 Å². The molecule has 0 fully saturated rings. The van der Waals surface area contributed by atoms with Gasteiger partial charge in [-0.25, -0.2) is 0 Å². The molecule has 0 aliphatic heterocycles. The first-order chi connectivity index (χ1) is 5.88. The van der Waals surface area contributed by atoms with Crippen molar-refractivity contribution in [3.63, 3.8) is 0 Å². The van der Waals surface area contributed by atoms with Gasteiger partial charge in [-0.3, -0.25) is 0 Å². The molecule has 0 atom stereocenters. The molecule has 0 aromatic rings. The van der Waals surface area contributed by atoms with Crippen LogP contribution >= 0.6 is 0 Å². The van der Waals surface area contributed by atoms with E-state index in [0.29, 0.717) is 4.22 Å². The van der Waals surface area contributed by atoms with Crippen molar-refractivity contribution in [3.05, 3.63) is 47.6 Å². The van der Waals surface area contributed by atoms with Crippen LogP contribution in [0.4, 0.5) is 0 Å². The summed E-state index contributed by atoms with van der Waals surface area (Å²) < 4.78 is 0.648. The van der Waals surface area contributed by atoms with E-state index in [-0.39, 0.29) is 24.0 Å². The summed E-state index contributed by atoms with van der Waals surface area (Å²) in [5.41, 5.74) is 3.12. The van der Waals surface area contributed by atoms with Crippen molar-refractivity contribution in [1.29, 1.82) is 0 Å². The molecule has 0 saturated carbocycles. The average Bonchev–Trinajstić information content (AvgIpc) is 2.77. The normalized spacial score (nSPS) is 18.8. The van der Waals surface area contributed by atoms with Gasteiger partial charge in [0.15, 0.2) is 0 Å². The summed E-state index contributed by atoms with van der Waals surface area (Å²) in [7, 11) is 0. The van der Waals surface area contributed by atoms with Crippen LogP contribution in [0.5, 0.6) is 0 Å². The molecule has 0 heterocycles. The third-order valence-electron chi connectivity index (χ3n) is 2.34. The summed E-state index contributed by atoms with van der Waals surface area (Å²) in [5, 5.41) is 0. The summed E-state index contributed by atoms with van der Waals surface area (Å²) in [4.78, 5) is 0. The molecule has 0 bridgehead atoms. The summed E-state index contributed by atoms with van der Waals surface area (Å²) in [6, 6.07) is 0. The molecule has 0 N–H and O–H groups in total. The maximum absolute atomic E-state index is 2.30. The van der Waals surface area contributed by atoms with Crippen molar-refractivity contribution < 1.29 is 44.4 Å². The summed E-state index contributed by atoms with van der Waals surface area (Å²) in [6.07, 6.45) is 15.6. The molecule has 0 unspecified atom stereocenters. The van der Waals surface area contributed by atoms with Gasteiger partial charge in [0.25, 0.3) is 0 Å². The van der Waals surface area contributed by atoms with Crippen LogP contribution in [0.15, 0.2) is 47.6 Å². The minimum atomic E-state index is 0. The summed E-state index contributed by atoms with van der Waals surface area (Å²) in [6.45, 7) is 0. The number of hydrogen-bond donors (Lipinski definition) is 0. The second-order valence-electron chi connectivity index (χ2n) is 3.18. The predicted molar refractivity (Wildman–Crippen MR) is 47.4 cm³/mol. The van der Waals surface area contributed by atoms with Crippen LogP contribution in [-0.4, -0.2) is 0 Å². The minimum absolute atomic E-state index is 0. The van der Waals surface area contributed by atoms with Crippen LogP contribution in [0.2, 0.25) is 4.22 Å². The van der Waals surface area contributed by atoms with E-state index in [1.807, 2.05) is 0 Å². The Labute approximate surface area is 108 Å². The molecule has 0 nitrogen and oxygen atoms in total. The molecule has 0 spiro atoms. The molecule has 2 heteroatoms. The third-order valence-corrected chi connectivity index (χ3v) is 3.50. The van der Waals surface area contributed by atoms with Gasteiger partial charge in [-0.05, 0) is 0 Å². The molecule has 0 radical (unpaired) electrons. The molecule has 66 valence electrons. The Balaban J connectivity index is 0.000000845. The van der Waals surface area contributed by atoms with E-state index in [1.54, 1.807) is 11.1 Å². The zero-order valence-electron chi connectivity index (χ0n) is 7.33. The van der Waals surface area contributed by atoms with Crippen molar-refractivity contribution in [1.82, 2.24) is 0 Å². The standard InChI is InChI=1S/C11H11.HI.Ti/c1-2-6-10(5-1)9-11-7-3-4-8-11;;/h1-5,7,9H,6,8H2;1H;/q;;+1/p-1. The van der Waals surface area contributed by atoms with E-state index in [9.17, 15) is 0 Å². The molecule has 13 heavy (non-hydrogen) atoms. The van der Waals surface area contributed by atoms with E-state index in [0.717, 1.165) is 12.8 Å². The van der Waals surface area contributed by atoms with E-state index < -0.39 is 0 Å². The Morgan fingerprint density at radius 1 is 1.00 bits per heavy atom. The average molecular weight is 318 g/mol. The molecular formula is C11H11ITi. The van der Waals surface area contributed by atoms with Crippen molar-refractivity contribution in [2.75, 3.05) is 0 Å². The van der Waals surface area contributed by atoms with E-state index in [2.05, 4.69) is 56.9 Å². The van der Waals surface area contributed by atoms with Gasteiger partial charge >= 0.3 is 85.1 Å². The predicted octanol–water partition coefficient (Wildman–Crippen LogP) is 0.0983. The first kappa shape index (κ1) is 11.5. The van der Waals surface area contributed by atoms with Gasteiger partial charge in [0.1, 0.15) is 0 Å². The topological polar surface area (TPSA) is 0 Å². The molecular weight excluding hydrogens is 307 g/mol. The van der Waals surface area contributed by atoms with Gasteiger partial charge in [0, 0.05) is 0 Å². The molecule has 0 aromatic heterocycles. The fraction of sp³-hybridized carbons (Fsp3) is 0.273. The second kappa shape index (κ2) is 5.33. The van der Waals surface area contributed by atoms with E-state index >= 15 is 0 Å². The van der Waals surface area contributed by atoms with Crippen LogP contribution in [0.25, 0.3) is 0 Å². The maximum atomic E-state index is 2.30. The van der Waals surface area contributed by atoms with Gasteiger partial charge < -0.3 is 24.0 Å². The summed E-state index contributed by atoms with van der Waals surface area (Å²) >= 11 is 2.30. The fourth-order valence-corrected chi connectivity index (χ4v) is 2.26. The zero-order valence-corrected chi connectivity index (χ0v) is 11.1. The van der Waals surface area contributed by atoms with Crippen molar-refractivity contribution >= 4 is 0 Å². The number of rotatable bonds is 2. The Morgan fingerprint density at radius 2 is 1.46 bits per heavy atom. The molecule has 2 aliphatic rings. The quantitative estimate of drug-likeness (QED) is 0.500. The number of halogens is 1. The van der Waals surface area contributed by atoms with Gasteiger partial charge in [-0.1, -0.05) is 0 Å². The monoisotopic (exact) mass is 318 g/mol. The van der Waals surface area contributed by atoms with Crippen LogP contribution < -0.4 is 24.0 Å².